The highest BCUT2D eigenvalue weighted by molar-refractivity contribution is 5.97. The van der Waals surface area contributed by atoms with Crippen LogP contribution in [0.15, 0.2) is 18.2 Å². The van der Waals surface area contributed by atoms with Gasteiger partial charge in [0.05, 0.1) is 13.7 Å². The van der Waals surface area contributed by atoms with Crippen LogP contribution in [0, 0.1) is 0 Å². The Balaban J connectivity index is 2.18. The number of carbonyl (C=O) groups excluding carboxylic acids is 2. The molecule has 6 heteroatoms. The monoisotopic (exact) mass is 292 g/mol. The molecule has 1 fully saturated rings. The summed E-state index contributed by atoms with van der Waals surface area (Å²) in [5, 5.41) is 0. The van der Waals surface area contributed by atoms with Gasteiger partial charge in [-0.05, 0) is 31.9 Å². The fourth-order valence-corrected chi connectivity index (χ4v) is 2.13. The standard InChI is InChI=1S/C15H20N2O4/c1-3-21-14(18)9-17(12-4-5-12)15(19)10-6-11(16)8-13(7-10)20-2/h6-8,12H,3-5,9,16H2,1-2H3. The first-order valence-electron chi connectivity index (χ1n) is 6.96. The van der Waals surface area contributed by atoms with E-state index in [1.807, 2.05) is 0 Å². The van der Waals surface area contributed by atoms with E-state index in [1.54, 1.807) is 30.0 Å². The summed E-state index contributed by atoms with van der Waals surface area (Å²) in [4.78, 5) is 25.8. The van der Waals surface area contributed by atoms with Crippen LogP contribution >= 0.6 is 0 Å². The van der Waals surface area contributed by atoms with Crippen molar-refractivity contribution in [2.24, 2.45) is 0 Å². The summed E-state index contributed by atoms with van der Waals surface area (Å²) < 4.78 is 10.0. The van der Waals surface area contributed by atoms with Crippen LogP contribution in [-0.4, -0.2) is 43.1 Å². The smallest absolute Gasteiger partial charge is 0.325 e. The molecule has 0 aliphatic heterocycles. The maximum absolute atomic E-state index is 12.6. The van der Waals surface area contributed by atoms with Crippen molar-refractivity contribution in [2.75, 3.05) is 26.0 Å². The molecule has 0 saturated heterocycles. The average Bonchev–Trinajstić information content (AvgIpc) is 3.28. The predicted molar refractivity (Wildman–Crippen MR) is 78.1 cm³/mol. The van der Waals surface area contributed by atoms with Gasteiger partial charge in [-0.25, -0.2) is 0 Å². The van der Waals surface area contributed by atoms with E-state index in [1.165, 1.54) is 7.11 Å². The third-order valence-corrected chi connectivity index (χ3v) is 3.26. The molecule has 2 rings (SSSR count). The maximum Gasteiger partial charge on any atom is 0.325 e. The van der Waals surface area contributed by atoms with Crippen molar-refractivity contribution < 1.29 is 19.1 Å². The Hall–Kier alpha value is -2.24. The van der Waals surface area contributed by atoms with Gasteiger partial charge < -0.3 is 20.1 Å². The topological polar surface area (TPSA) is 81.9 Å². The summed E-state index contributed by atoms with van der Waals surface area (Å²) in [6.07, 6.45) is 1.81. The summed E-state index contributed by atoms with van der Waals surface area (Å²) in [6, 6.07) is 4.96. The van der Waals surface area contributed by atoms with E-state index in [4.69, 9.17) is 15.2 Å². The normalized spacial score (nSPS) is 13.6. The molecule has 0 aromatic heterocycles. The first-order valence-corrected chi connectivity index (χ1v) is 6.96. The molecule has 0 atom stereocenters. The van der Waals surface area contributed by atoms with Gasteiger partial charge in [-0.2, -0.15) is 0 Å². The summed E-state index contributed by atoms with van der Waals surface area (Å²) in [5.41, 5.74) is 6.64. The van der Waals surface area contributed by atoms with E-state index in [0.717, 1.165) is 12.8 Å². The van der Waals surface area contributed by atoms with Crippen molar-refractivity contribution in [1.29, 1.82) is 0 Å². The third-order valence-electron chi connectivity index (χ3n) is 3.26. The van der Waals surface area contributed by atoms with Crippen LogP contribution in [0.4, 0.5) is 5.69 Å². The van der Waals surface area contributed by atoms with Crippen molar-refractivity contribution in [2.45, 2.75) is 25.8 Å². The number of carbonyl (C=O) groups is 2. The number of nitrogens with two attached hydrogens (primary N) is 1. The SMILES string of the molecule is CCOC(=O)CN(C(=O)c1cc(N)cc(OC)c1)C1CC1. The average molecular weight is 292 g/mol. The van der Waals surface area contributed by atoms with Crippen molar-refractivity contribution >= 4 is 17.6 Å². The number of nitrogen functional groups attached to an aromatic ring is 1. The number of hydrogen-bond donors (Lipinski definition) is 1. The predicted octanol–water partition coefficient (Wildman–Crippen LogP) is 1.45. The lowest BCUT2D eigenvalue weighted by Gasteiger charge is -2.21. The minimum Gasteiger partial charge on any atom is -0.497 e. The molecule has 0 heterocycles. The molecular weight excluding hydrogens is 272 g/mol. The number of esters is 1. The number of hydrogen-bond acceptors (Lipinski definition) is 5. The number of benzene rings is 1. The van der Waals surface area contributed by atoms with Gasteiger partial charge in [0.2, 0.25) is 0 Å². The highest BCUT2D eigenvalue weighted by atomic mass is 16.5. The molecule has 1 saturated carbocycles. The van der Waals surface area contributed by atoms with Gasteiger partial charge in [0.15, 0.2) is 0 Å². The van der Waals surface area contributed by atoms with Gasteiger partial charge in [0.1, 0.15) is 12.3 Å². The molecular formula is C15H20N2O4. The van der Waals surface area contributed by atoms with Crippen molar-refractivity contribution in [1.82, 2.24) is 4.90 Å². The molecule has 1 amide bonds. The summed E-state index contributed by atoms with van der Waals surface area (Å²) in [7, 11) is 1.51. The Bertz CT molecular complexity index is 540. The second kappa shape index (κ2) is 6.47. The third kappa shape index (κ3) is 3.87. The number of amides is 1. The molecule has 2 N–H and O–H groups in total. The van der Waals surface area contributed by atoms with E-state index in [2.05, 4.69) is 0 Å². The Morgan fingerprint density at radius 2 is 2.05 bits per heavy atom. The van der Waals surface area contributed by atoms with Gasteiger partial charge in [0, 0.05) is 23.4 Å². The van der Waals surface area contributed by atoms with Gasteiger partial charge in [-0.1, -0.05) is 0 Å². The van der Waals surface area contributed by atoms with Gasteiger partial charge in [0.25, 0.3) is 5.91 Å². The number of rotatable bonds is 6. The zero-order valence-corrected chi connectivity index (χ0v) is 12.3. The van der Waals surface area contributed by atoms with Gasteiger partial charge >= 0.3 is 5.97 Å². The summed E-state index contributed by atoms with van der Waals surface area (Å²) in [5.74, 6) is -0.102. The zero-order chi connectivity index (χ0) is 15.4. The molecule has 0 bridgehead atoms. The number of anilines is 1. The summed E-state index contributed by atoms with van der Waals surface area (Å²) in [6.45, 7) is 2.01. The van der Waals surface area contributed by atoms with Gasteiger partial charge in [-0.15, -0.1) is 0 Å². The molecule has 1 aromatic rings. The van der Waals surface area contributed by atoms with Crippen LogP contribution in [-0.2, 0) is 9.53 Å². The number of ether oxygens (including phenoxy) is 2. The van der Waals surface area contributed by atoms with Crippen LogP contribution in [0.1, 0.15) is 30.1 Å². The van der Waals surface area contributed by atoms with Crippen LogP contribution < -0.4 is 10.5 Å². The Kier molecular flexibility index (Phi) is 4.67. The molecule has 114 valence electrons. The first-order chi connectivity index (χ1) is 10.0. The molecule has 1 aliphatic rings. The van der Waals surface area contributed by atoms with E-state index >= 15 is 0 Å². The molecule has 1 aliphatic carbocycles. The van der Waals surface area contributed by atoms with Crippen LogP contribution in [0.25, 0.3) is 0 Å². The largest absolute Gasteiger partial charge is 0.497 e. The van der Waals surface area contributed by atoms with Crippen LogP contribution in [0.2, 0.25) is 0 Å². The van der Waals surface area contributed by atoms with Crippen molar-refractivity contribution in [3.8, 4) is 5.75 Å². The van der Waals surface area contributed by atoms with E-state index in [-0.39, 0.29) is 18.5 Å². The lowest BCUT2D eigenvalue weighted by molar-refractivity contribution is -0.144. The second-order valence-corrected chi connectivity index (χ2v) is 4.96. The number of methoxy groups -OCH3 is 1. The molecule has 0 radical (unpaired) electrons. The Morgan fingerprint density at radius 1 is 1.33 bits per heavy atom. The van der Waals surface area contributed by atoms with Crippen molar-refractivity contribution in [3.05, 3.63) is 23.8 Å². The Labute approximate surface area is 123 Å². The Morgan fingerprint density at radius 3 is 2.62 bits per heavy atom. The van der Waals surface area contributed by atoms with E-state index in [9.17, 15) is 9.59 Å². The lowest BCUT2D eigenvalue weighted by atomic mass is 10.1. The second-order valence-electron chi connectivity index (χ2n) is 4.96. The van der Waals surface area contributed by atoms with Gasteiger partial charge in [-0.3, -0.25) is 9.59 Å². The quantitative estimate of drug-likeness (QED) is 0.634. The molecule has 0 spiro atoms. The minimum absolute atomic E-state index is 0.0333. The molecule has 21 heavy (non-hydrogen) atoms. The maximum atomic E-state index is 12.6. The van der Waals surface area contributed by atoms with E-state index in [0.29, 0.717) is 23.6 Å². The fourth-order valence-electron chi connectivity index (χ4n) is 2.13. The number of nitrogens with zero attached hydrogens (tertiary/aromatic N) is 1. The van der Waals surface area contributed by atoms with Crippen LogP contribution in [0.5, 0.6) is 5.75 Å². The summed E-state index contributed by atoms with van der Waals surface area (Å²) >= 11 is 0. The lowest BCUT2D eigenvalue weighted by Crippen LogP contribution is -2.38. The molecule has 1 aromatic carbocycles. The highest BCUT2D eigenvalue weighted by Crippen LogP contribution is 2.29. The first kappa shape index (κ1) is 15.2. The van der Waals surface area contributed by atoms with Crippen LogP contribution in [0.3, 0.4) is 0 Å². The fraction of sp³-hybridized carbons (Fsp3) is 0.467. The minimum atomic E-state index is -0.395. The zero-order valence-electron chi connectivity index (χ0n) is 12.3. The van der Waals surface area contributed by atoms with E-state index < -0.39 is 5.97 Å². The highest BCUT2D eigenvalue weighted by Gasteiger charge is 2.34. The van der Waals surface area contributed by atoms with Crippen molar-refractivity contribution in [3.63, 3.8) is 0 Å². The molecule has 0 unspecified atom stereocenters. The molecule has 6 nitrogen and oxygen atoms in total.